The Kier molecular flexibility index (Phi) is 7.11. The molecule has 6 nitrogen and oxygen atoms in total. The molecule has 0 unspecified atom stereocenters. The molecule has 0 spiro atoms. The molecule has 1 atom stereocenters. The first-order chi connectivity index (χ1) is 14.9. The van der Waals surface area contributed by atoms with Gasteiger partial charge in [0.15, 0.2) is 0 Å². The SMILES string of the molecule is C[C@H](NC(=O)CNC(=O)c1ccccc1F)c1cccc(NC(=O)c2ccccc2)c1. The number of rotatable bonds is 7. The third kappa shape index (κ3) is 5.99. The van der Waals surface area contributed by atoms with Gasteiger partial charge >= 0.3 is 0 Å². The summed E-state index contributed by atoms with van der Waals surface area (Å²) in [6.45, 7) is 1.50. The molecule has 3 N–H and O–H groups in total. The minimum Gasteiger partial charge on any atom is -0.348 e. The maximum absolute atomic E-state index is 13.6. The fourth-order valence-electron chi connectivity index (χ4n) is 2.96. The van der Waals surface area contributed by atoms with Crippen LogP contribution in [0, 0.1) is 5.82 Å². The molecule has 0 bridgehead atoms. The first-order valence-electron chi connectivity index (χ1n) is 9.72. The van der Waals surface area contributed by atoms with Crippen LogP contribution in [-0.4, -0.2) is 24.3 Å². The van der Waals surface area contributed by atoms with Crippen molar-refractivity contribution < 1.29 is 18.8 Å². The molecule has 7 heteroatoms. The first-order valence-corrected chi connectivity index (χ1v) is 9.72. The highest BCUT2D eigenvalue weighted by Crippen LogP contribution is 2.18. The van der Waals surface area contributed by atoms with E-state index in [4.69, 9.17) is 0 Å². The van der Waals surface area contributed by atoms with E-state index < -0.39 is 17.6 Å². The number of nitrogens with one attached hydrogen (secondary N) is 3. The molecule has 0 saturated heterocycles. The van der Waals surface area contributed by atoms with Gasteiger partial charge in [0.1, 0.15) is 5.82 Å². The summed E-state index contributed by atoms with van der Waals surface area (Å²) in [7, 11) is 0. The van der Waals surface area contributed by atoms with E-state index in [1.165, 1.54) is 18.2 Å². The lowest BCUT2D eigenvalue weighted by atomic mass is 10.1. The van der Waals surface area contributed by atoms with Gasteiger partial charge in [0.2, 0.25) is 5.91 Å². The third-order valence-electron chi connectivity index (χ3n) is 4.59. The van der Waals surface area contributed by atoms with Gasteiger partial charge in [-0.3, -0.25) is 14.4 Å². The molecular weight excluding hydrogens is 397 g/mol. The summed E-state index contributed by atoms with van der Waals surface area (Å²) >= 11 is 0. The average Bonchev–Trinajstić information content (AvgIpc) is 2.78. The minimum atomic E-state index is -0.661. The van der Waals surface area contributed by atoms with Gasteiger partial charge in [-0.05, 0) is 48.9 Å². The van der Waals surface area contributed by atoms with E-state index >= 15 is 0 Å². The minimum absolute atomic E-state index is 0.120. The van der Waals surface area contributed by atoms with Crippen LogP contribution in [0.2, 0.25) is 0 Å². The molecule has 0 aliphatic carbocycles. The van der Waals surface area contributed by atoms with Crippen molar-refractivity contribution in [2.24, 2.45) is 0 Å². The normalized spacial score (nSPS) is 11.3. The number of halogens is 1. The first kappa shape index (κ1) is 21.7. The summed E-state index contributed by atoms with van der Waals surface area (Å²) in [5.41, 5.74) is 1.80. The van der Waals surface area contributed by atoms with Crippen molar-refractivity contribution in [3.63, 3.8) is 0 Å². The van der Waals surface area contributed by atoms with E-state index in [1.807, 2.05) is 12.1 Å². The summed E-state index contributed by atoms with van der Waals surface area (Å²) in [5, 5.41) is 8.00. The number of amides is 3. The molecule has 158 valence electrons. The van der Waals surface area contributed by atoms with E-state index in [2.05, 4.69) is 16.0 Å². The lowest BCUT2D eigenvalue weighted by molar-refractivity contribution is -0.120. The molecule has 3 aromatic carbocycles. The summed E-state index contributed by atoms with van der Waals surface area (Å²) in [6.07, 6.45) is 0. The summed E-state index contributed by atoms with van der Waals surface area (Å²) < 4.78 is 13.6. The molecule has 0 saturated carbocycles. The number of carbonyl (C=O) groups excluding carboxylic acids is 3. The Bertz CT molecular complexity index is 1090. The van der Waals surface area contributed by atoms with Gasteiger partial charge in [0.05, 0.1) is 18.2 Å². The molecule has 0 aliphatic rings. The number of hydrogen-bond donors (Lipinski definition) is 3. The van der Waals surface area contributed by atoms with Gasteiger partial charge in [0.25, 0.3) is 11.8 Å². The largest absolute Gasteiger partial charge is 0.348 e. The Morgan fingerprint density at radius 3 is 2.32 bits per heavy atom. The van der Waals surface area contributed by atoms with Gasteiger partial charge in [0, 0.05) is 11.3 Å². The van der Waals surface area contributed by atoms with Crippen molar-refractivity contribution in [2.45, 2.75) is 13.0 Å². The average molecular weight is 419 g/mol. The topological polar surface area (TPSA) is 87.3 Å². The second-order valence-corrected chi connectivity index (χ2v) is 6.90. The predicted octanol–water partition coefficient (Wildman–Crippen LogP) is 3.69. The zero-order valence-corrected chi connectivity index (χ0v) is 16.9. The van der Waals surface area contributed by atoms with Gasteiger partial charge < -0.3 is 16.0 Å². The molecule has 0 aromatic heterocycles. The Morgan fingerprint density at radius 1 is 0.871 bits per heavy atom. The van der Waals surface area contributed by atoms with Gasteiger partial charge in [-0.2, -0.15) is 0 Å². The second kappa shape index (κ2) is 10.2. The van der Waals surface area contributed by atoms with Crippen molar-refractivity contribution >= 4 is 23.4 Å². The zero-order chi connectivity index (χ0) is 22.2. The van der Waals surface area contributed by atoms with Crippen molar-refractivity contribution in [1.29, 1.82) is 0 Å². The van der Waals surface area contributed by atoms with Crippen LogP contribution in [0.3, 0.4) is 0 Å². The van der Waals surface area contributed by atoms with E-state index in [0.717, 1.165) is 5.56 Å². The molecule has 0 heterocycles. The highest BCUT2D eigenvalue weighted by atomic mass is 19.1. The van der Waals surface area contributed by atoms with Crippen LogP contribution < -0.4 is 16.0 Å². The van der Waals surface area contributed by atoms with Gasteiger partial charge in [-0.1, -0.05) is 42.5 Å². The number of carbonyl (C=O) groups is 3. The van der Waals surface area contributed by atoms with Crippen molar-refractivity contribution in [3.8, 4) is 0 Å². The molecule has 0 aliphatic heterocycles. The number of benzene rings is 3. The maximum Gasteiger partial charge on any atom is 0.255 e. The van der Waals surface area contributed by atoms with E-state index in [0.29, 0.717) is 11.3 Å². The van der Waals surface area contributed by atoms with E-state index in [1.54, 1.807) is 55.5 Å². The summed E-state index contributed by atoms with van der Waals surface area (Å²) in [5.74, 6) is -1.96. The van der Waals surface area contributed by atoms with Crippen LogP contribution in [0.15, 0.2) is 78.9 Å². The predicted molar refractivity (Wildman–Crippen MR) is 116 cm³/mol. The third-order valence-corrected chi connectivity index (χ3v) is 4.59. The lowest BCUT2D eigenvalue weighted by Crippen LogP contribution is -2.38. The summed E-state index contributed by atoms with van der Waals surface area (Å²) in [4.78, 5) is 36.5. The van der Waals surface area contributed by atoms with Crippen LogP contribution in [0.1, 0.15) is 39.2 Å². The van der Waals surface area contributed by atoms with Crippen LogP contribution in [0.25, 0.3) is 0 Å². The lowest BCUT2D eigenvalue weighted by Gasteiger charge is -2.16. The Labute approximate surface area is 179 Å². The molecule has 31 heavy (non-hydrogen) atoms. The smallest absolute Gasteiger partial charge is 0.255 e. The van der Waals surface area contributed by atoms with E-state index in [-0.39, 0.29) is 24.1 Å². The molecular formula is C24H22FN3O3. The second-order valence-electron chi connectivity index (χ2n) is 6.90. The number of hydrogen-bond acceptors (Lipinski definition) is 3. The van der Waals surface area contributed by atoms with Crippen LogP contribution in [0.5, 0.6) is 0 Å². The fraction of sp³-hybridized carbons (Fsp3) is 0.125. The van der Waals surface area contributed by atoms with Crippen LogP contribution in [-0.2, 0) is 4.79 Å². The van der Waals surface area contributed by atoms with Gasteiger partial charge in [-0.25, -0.2) is 4.39 Å². The van der Waals surface area contributed by atoms with Crippen LogP contribution >= 0.6 is 0 Å². The Morgan fingerprint density at radius 2 is 1.58 bits per heavy atom. The standard InChI is InChI=1S/C24H22FN3O3/c1-16(27-22(29)15-26-24(31)20-12-5-6-13-21(20)25)18-10-7-11-19(14-18)28-23(30)17-8-3-2-4-9-17/h2-14,16H,15H2,1H3,(H,26,31)(H,27,29)(H,28,30)/t16-/m0/s1. The monoisotopic (exact) mass is 419 g/mol. The molecule has 3 rings (SSSR count). The van der Waals surface area contributed by atoms with E-state index in [9.17, 15) is 18.8 Å². The molecule has 0 radical (unpaired) electrons. The molecule has 0 fully saturated rings. The van der Waals surface area contributed by atoms with Crippen LogP contribution in [0.4, 0.5) is 10.1 Å². The molecule has 3 amide bonds. The zero-order valence-electron chi connectivity index (χ0n) is 16.9. The highest BCUT2D eigenvalue weighted by Gasteiger charge is 2.14. The fourth-order valence-corrected chi connectivity index (χ4v) is 2.96. The summed E-state index contributed by atoms with van der Waals surface area (Å²) in [6, 6.07) is 21.2. The molecule has 3 aromatic rings. The maximum atomic E-state index is 13.6. The van der Waals surface area contributed by atoms with Crippen molar-refractivity contribution in [2.75, 3.05) is 11.9 Å². The van der Waals surface area contributed by atoms with Crippen molar-refractivity contribution in [1.82, 2.24) is 10.6 Å². The number of anilines is 1. The Balaban J connectivity index is 1.55. The van der Waals surface area contributed by atoms with Gasteiger partial charge in [-0.15, -0.1) is 0 Å². The van der Waals surface area contributed by atoms with Crippen molar-refractivity contribution in [3.05, 3.63) is 101 Å². The Hall–Kier alpha value is -4.00. The quantitative estimate of drug-likeness (QED) is 0.546. The highest BCUT2D eigenvalue weighted by molar-refractivity contribution is 6.04.